The fourth-order valence-electron chi connectivity index (χ4n) is 2.38. The number of aromatic nitrogens is 1. The zero-order chi connectivity index (χ0) is 15.6. The van der Waals surface area contributed by atoms with E-state index in [2.05, 4.69) is 4.98 Å². The summed E-state index contributed by atoms with van der Waals surface area (Å²) in [6, 6.07) is 2.27. The lowest BCUT2D eigenvalue weighted by atomic mass is 9.93. The molecule has 1 aliphatic heterocycles. The summed E-state index contributed by atoms with van der Waals surface area (Å²) in [7, 11) is -3.69. The second kappa shape index (κ2) is 6.04. The van der Waals surface area contributed by atoms with Crippen LogP contribution in [-0.2, 0) is 10.0 Å². The number of rotatable bonds is 4. The van der Waals surface area contributed by atoms with Gasteiger partial charge in [0, 0.05) is 19.2 Å². The van der Waals surface area contributed by atoms with Gasteiger partial charge in [-0.3, -0.25) is 0 Å². The van der Waals surface area contributed by atoms with Crippen LogP contribution in [0.4, 0.5) is 5.82 Å². The molecule has 116 valence electrons. The number of nitrogens with zero attached hydrogens (tertiary/aromatic N) is 3. The van der Waals surface area contributed by atoms with E-state index >= 15 is 0 Å². The monoisotopic (exact) mass is 315 g/mol. The topological polar surface area (TPSA) is 114 Å². The van der Waals surface area contributed by atoms with Gasteiger partial charge in [-0.1, -0.05) is 0 Å². The van der Waals surface area contributed by atoms with E-state index in [9.17, 15) is 23.6 Å². The van der Waals surface area contributed by atoms with Crippen molar-refractivity contribution >= 4 is 15.8 Å². The summed E-state index contributed by atoms with van der Waals surface area (Å²) in [6.45, 7) is 2.36. The highest BCUT2D eigenvalue weighted by Gasteiger charge is 2.31. The Balaban J connectivity index is 2.13. The summed E-state index contributed by atoms with van der Waals surface area (Å²) in [4.78, 5) is 13.3. The lowest BCUT2D eigenvalue weighted by Crippen LogP contribution is -2.40. The van der Waals surface area contributed by atoms with Gasteiger partial charge < -0.3 is 15.2 Å². The van der Waals surface area contributed by atoms with Crippen molar-refractivity contribution in [2.75, 3.05) is 13.1 Å². The Bertz CT molecular complexity index is 606. The van der Waals surface area contributed by atoms with E-state index in [0.717, 1.165) is 12.3 Å². The Labute approximate surface area is 122 Å². The van der Waals surface area contributed by atoms with Crippen LogP contribution < -0.4 is 0 Å². The Hall–Kier alpha value is -1.58. The Morgan fingerprint density at radius 3 is 2.48 bits per heavy atom. The van der Waals surface area contributed by atoms with Gasteiger partial charge in [-0.05, 0) is 41.7 Å². The third kappa shape index (κ3) is 3.36. The van der Waals surface area contributed by atoms with Gasteiger partial charge in [-0.25, -0.2) is 8.42 Å². The molecule has 1 fully saturated rings. The van der Waals surface area contributed by atoms with Gasteiger partial charge in [0.15, 0.2) is 6.20 Å². The van der Waals surface area contributed by atoms with E-state index < -0.39 is 21.1 Å². The van der Waals surface area contributed by atoms with Crippen LogP contribution in [0.25, 0.3) is 0 Å². The first-order valence-corrected chi connectivity index (χ1v) is 8.05. The Morgan fingerprint density at radius 2 is 2.05 bits per heavy atom. The van der Waals surface area contributed by atoms with Gasteiger partial charge in [-0.15, -0.1) is 0 Å². The summed E-state index contributed by atoms with van der Waals surface area (Å²) in [6.07, 6.45) is 1.75. The van der Waals surface area contributed by atoms with Crippen LogP contribution in [0.2, 0.25) is 0 Å². The molecular formula is C12H17N3O5S. The van der Waals surface area contributed by atoms with Crippen molar-refractivity contribution in [1.82, 2.24) is 9.29 Å². The van der Waals surface area contributed by atoms with E-state index in [0.29, 0.717) is 25.9 Å². The third-order valence-corrected chi connectivity index (χ3v) is 5.61. The minimum atomic E-state index is -3.69. The number of sulfonamides is 1. The smallest absolute Gasteiger partial charge is 0.363 e. The fourth-order valence-corrected chi connectivity index (χ4v) is 3.80. The molecule has 1 N–H and O–H groups in total. The van der Waals surface area contributed by atoms with Crippen LogP contribution in [-0.4, -0.2) is 46.9 Å². The molecule has 0 radical (unpaired) electrons. The van der Waals surface area contributed by atoms with Crippen molar-refractivity contribution in [2.24, 2.45) is 5.92 Å². The molecule has 0 bridgehead atoms. The molecular weight excluding hydrogens is 298 g/mol. The first-order chi connectivity index (χ1) is 9.82. The molecule has 1 saturated heterocycles. The molecule has 1 aliphatic rings. The maximum Gasteiger partial charge on any atom is 0.363 e. The predicted octanol–water partition coefficient (Wildman–Crippen LogP) is 0.771. The van der Waals surface area contributed by atoms with Crippen LogP contribution in [0.5, 0.6) is 0 Å². The molecule has 0 aromatic carbocycles. The summed E-state index contributed by atoms with van der Waals surface area (Å²) in [5, 5.41) is 20.0. The molecule has 8 nitrogen and oxygen atoms in total. The first-order valence-electron chi connectivity index (χ1n) is 6.61. The molecule has 1 aromatic rings. The minimum absolute atomic E-state index is 0.0522. The van der Waals surface area contributed by atoms with Gasteiger partial charge in [-0.2, -0.15) is 4.31 Å². The molecule has 0 spiro atoms. The molecule has 0 amide bonds. The number of piperidine rings is 1. The molecule has 2 heterocycles. The van der Waals surface area contributed by atoms with E-state index in [-0.39, 0.29) is 16.6 Å². The van der Waals surface area contributed by atoms with E-state index in [4.69, 9.17) is 0 Å². The Morgan fingerprint density at radius 1 is 1.43 bits per heavy atom. The van der Waals surface area contributed by atoms with Crippen molar-refractivity contribution in [3.63, 3.8) is 0 Å². The quantitative estimate of drug-likeness (QED) is 0.648. The van der Waals surface area contributed by atoms with Crippen LogP contribution in [0.3, 0.4) is 0 Å². The van der Waals surface area contributed by atoms with Crippen molar-refractivity contribution < 1.29 is 18.4 Å². The second-order valence-electron chi connectivity index (χ2n) is 5.09. The van der Waals surface area contributed by atoms with Crippen molar-refractivity contribution in [3.05, 3.63) is 28.4 Å². The molecule has 0 saturated carbocycles. The molecule has 0 aliphatic carbocycles. The van der Waals surface area contributed by atoms with Crippen LogP contribution in [0.15, 0.2) is 23.2 Å². The number of hydrogen-bond acceptors (Lipinski definition) is 6. The number of aliphatic hydroxyl groups excluding tert-OH is 1. The maximum atomic E-state index is 12.4. The van der Waals surface area contributed by atoms with Gasteiger partial charge in [0.05, 0.1) is 6.10 Å². The lowest BCUT2D eigenvalue weighted by molar-refractivity contribution is -0.389. The van der Waals surface area contributed by atoms with Crippen LogP contribution in [0.1, 0.15) is 19.8 Å². The zero-order valence-corrected chi connectivity index (χ0v) is 12.4. The second-order valence-corrected chi connectivity index (χ2v) is 7.03. The zero-order valence-electron chi connectivity index (χ0n) is 11.5. The van der Waals surface area contributed by atoms with Crippen molar-refractivity contribution in [2.45, 2.75) is 30.8 Å². The van der Waals surface area contributed by atoms with E-state index in [1.54, 1.807) is 6.92 Å². The van der Waals surface area contributed by atoms with E-state index in [1.807, 2.05) is 0 Å². The number of nitro groups is 1. The predicted molar refractivity (Wildman–Crippen MR) is 74.1 cm³/mol. The third-order valence-electron chi connectivity index (χ3n) is 3.73. The molecule has 21 heavy (non-hydrogen) atoms. The maximum absolute atomic E-state index is 12.4. The SMILES string of the molecule is CC(O)C1CCN(S(=O)(=O)c2ccc([N+](=O)[O-])nc2)CC1. The standard InChI is InChI=1S/C12H17N3O5S/c1-9(16)10-4-6-14(7-5-10)21(19,20)11-2-3-12(13-8-11)15(17)18/h2-3,8-10,16H,4-7H2,1H3. The minimum Gasteiger partial charge on any atom is -0.393 e. The summed E-state index contributed by atoms with van der Waals surface area (Å²) < 4.78 is 26.1. The highest BCUT2D eigenvalue weighted by atomic mass is 32.2. The number of hydrogen-bond donors (Lipinski definition) is 1. The summed E-state index contributed by atoms with van der Waals surface area (Å²) >= 11 is 0. The summed E-state index contributed by atoms with van der Waals surface area (Å²) in [5.41, 5.74) is 0. The van der Waals surface area contributed by atoms with Crippen LogP contribution in [0, 0.1) is 16.0 Å². The molecule has 1 aromatic heterocycles. The fraction of sp³-hybridized carbons (Fsp3) is 0.583. The number of pyridine rings is 1. The molecule has 1 unspecified atom stereocenters. The average Bonchev–Trinajstić information content (AvgIpc) is 2.47. The molecule has 9 heteroatoms. The van der Waals surface area contributed by atoms with E-state index in [1.165, 1.54) is 10.4 Å². The average molecular weight is 315 g/mol. The summed E-state index contributed by atoms with van der Waals surface area (Å²) in [5.74, 6) is -0.284. The highest BCUT2D eigenvalue weighted by molar-refractivity contribution is 7.89. The molecule has 1 atom stereocenters. The van der Waals surface area contributed by atoms with Gasteiger partial charge >= 0.3 is 5.82 Å². The van der Waals surface area contributed by atoms with Gasteiger partial charge in [0.2, 0.25) is 10.0 Å². The lowest BCUT2D eigenvalue weighted by Gasteiger charge is -2.32. The molecule has 2 rings (SSSR count). The highest BCUT2D eigenvalue weighted by Crippen LogP contribution is 2.25. The van der Waals surface area contributed by atoms with Gasteiger partial charge in [0.25, 0.3) is 0 Å². The largest absolute Gasteiger partial charge is 0.393 e. The van der Waals surface area contributed by atoms with Crippen molar-refractivity contribution in [1.29, 1.82) is 0 Å². The number of aliphatic hydroxyl groups is 1. The first kappa shape index (κ1) is 15.8. The van der Waals surface area contributed by atoms with Crippen LogP contribution >= 0.6 is 0 Å². The van der Waals surface area contributed by atoms with Crippen molar-refractivity contribution in [3.8, 4) is 0 Å². The normalized spacial score (nSPS) is 19.3. The van der Waals surface area contributed by atoms with Gasteiger partial charge in [0.1, 0.15) is 4.90 Å². The Kier molecular flexibility index (Phi) is 4.55.